The van der Waals surface area contributed by atoms with Gasteiger partial charge in [0.05, 0.1) is 0 Å². The lowest BCUT2D eigenvalue weighted by Crippen LogP contribution is -1.94. The van der Waals surface area contributed by atoms with Crippen LogP contribution in [-0.2, 0) is 0 Å². The summed E-state index contributed by atoms with van der Waals surface area (Å²) in [6, 6.07) is 0. The zero-order valence-electron chi connectivity index (χ0n) is 7.93. The van der Waals surface area contributed by atoms with E-state index in [2.05, 4.69) is 39.5 Å². The number of allylic oxidation sites excluding steroid dienone is 2. The molecular formula is C10H20S. The molecule has 0 aromatic rings. The van der Waals surface area contributed by atoms with Crippen molar-refractivity contribution in [2.75, 3.05) is 5.75 Å². The molecule has 11 heavy (non-hydrogen) atoms. The third-order valence-electron chi connectivity index (χ3n) is 1.83. The maximum Gasteiger partial charge on any atom is -0.00954 e. The van der Waals surface area contributed by atoms with Crippen LogP contribution in [0.5, 0.6) is 0 Å². The topological polar surface area (TPSA) is 0 Å². The average molecular weight is 172 g/mol. The van der Waals surface area contributed by atoms with Gasteiger partial charge in [0.2, 0.25) is 0 Å². The summed E-state index contributed by atoms with van der Waals surface area (Å²) < 4.78 is 0. The minimum atomic E-state index is 0.836. The second kappa shape index (κ2) is 6.78. The Bertz CT molecular complexity index is 112. The zero-order valence-corrected chi connectivity index (χ0v) is 8.82. The first-order valence-electron chi connectivity index (χ1n) is 4.41. The maximum atomic E-state index is 4.21. The highest BCUT2D eigenvalue weighted by atomic mass is 32.1. The van der Waals surface area contributed by atoms with Gasteiger partial charge in [-0.1, -0.05) is 18.6 Å². The fourth-order valence-corrected chi connectivity index (χ4v) is 1.46. The van der Waals surface area contributed by atoms with Gasteiger partial charge < -0.3 is 0 Å². The minimum absolute atomic E-state index is 0.836. The molecule has 0 aromatic heterocycles. The van der Waals surface area contributed by atoms with E-state index in [1.165, 1.54) is 24.8 Å². The molecule has 0 rings (SSSR count). The highest BCUT2D eigenvalue weighted by molar-refractivity contribution is 7.80. The number of rotatable bonds is 5. The summed E-state index contributed by atoms with van der Waals surface area (Å²) in [5.74, 6) is 1.86. The van der Waals surface area contributed by atoms with Crippen LogP contribution in [0.3, 0.4) is 0 Å². The molecule has 0 amide bonds. The normalized spacial score (nSPS) is 12.7. The highest BCUT2D eigenvalue weighted by Gasteiger charge is 1.97. The largest absolute Gasteiger partial charge is 0.179 e. The molecule has 1 atom stereocenters. The van der Waals surface area contributed by atoms with Crippen LogP contribution in [0, 0.1) is 5.92 Å². The van der Waals surface area contributed by atoms with Gasteiger partial charge in [-0.3, -0.25) is 0 Å². The summed E-state index contributed by atoms with van der Waals surface area (Å²) >= 11 is 4.21. The van der Waals surface area contributed by atoms with Crippen molar-refractivity contribution in [2.24, 2.45) is 5.92 Å². The third kappa shape index (κ3) is 7.99. The van der Waals surface area contributed by atoms with E-state index in [-0.39, 0.29) is 0 Å². The van der Waals surface area contributed by atoms with E-state index in [9.17, 15) is 0 Å². The van der Waals surface area contributed by atoms with Crippen LogP contribution in [0.1, 0.15) is 40.0 Å². The van der Waals surface area contributed by atoms with E-state index in [0.29, 0.717) is 0 Å². The molecule has 0 aliphatic carbocycles. The van der Waals surface area contributed by atoms with Gasteiger partial charge in [-0.25, -0.2) is 0 Å². The first-order valence-corrected chi connectivity index (χ1v) is 5.04. The van der Waals surface area contributed by atoms with Crippen LogP contribution in [0.15, 0.2) is 11.6 Å². The van der Waals surface area contributed by atoms with Crippen molar-refractivity contribution >= 4 is 12.6 Å². The van der Waals surface area contributed by atoms with Crippen molar-refractivity contribution in [1.82, 2.24) is 0 Å². The summed E-state index contributed by atoms with van der Waals surface area (Å²) in [5.41, 5.74) is 1.43. The van der Waals surface area contributed by atoms with Crippen molar-refractivity contribution in [1.29, 1.82) is 0 Å². The molecule has 0 aliphatic heterocycles. The van der Waals surface area contributed by atoms with E-state index in [0.717, 1.165) is 11.7 Å². The number of thiol groups is 1. The van der Waals surface area contributed by atoms with Crippen LogP contribution in [-0.4, -0.2) is 5.75 Å². The Morgan fingerprint density at radius 1 is 1.36 bits per heavy atom. The van der Waals surface area contributed by atoms with Crippen molar-refractivity contribution in [3.05, 3.63) is 11.6 Å². The molecule has 0 N–H and O–H groups in total. The summed E-state index contributed by atoms with van der Waals surface area (Å²) in [5, 5.41) is 0. The smallest absolute Gasteiger partial charge is 0.00954 e. The fraction of sp³-hybridized carbons (Fsp3) is 0.800. The molecule has 1 heteroatoms. The summed E-state index contributed by atoms with van der Waals surface area (Å²) in [7, 11) is 0. The predicted octanol–water partition coefficient (Wildman–Crippen LogP) is 3.69. The molecule has 0 nitrogen and oxygen atoms in total. The SMILES string of the molecule is CC(C)=CCCC(C)CCS. The molecular weight excluding hydrogens is 152 g/mol. The molecule has 1 unspecified atom stereocenters. The third-order valence-corrected chi connectivity index (χ3v) is 2.09. The van der Waals surface area contributed by atoms with Crippen LogP contribution < -0.4 is 0 Å². The van der Waals surface area contributed by atoms with Crippen molar-refractivity contribution in [3.8, 4) is 0 Å². The van der Waals surface area contributed by atoms with Crippen LogP contribution >= 0.6 is 12.6 Å². The first kappa shape index (κ1) is 11.1. The van der Waals surface area contributed by atoms with Gasteiger partial charge in [-0.15, -0.1) is 0 Å². The van der Waals surface area contributed by atoms with E-state index in [4.69, 9.17) is 0 Å². The fourth-order valence-electron chi connectivity index (χ4n) is 1.02. The van der Waals surface area contributed by atoms with Gasteiger partial charge in [-0.05, 0) is 44.8 Å². The molecule has 0 heterocycles. The summed E-state index contributed by atoms with van der Waals surface area (Å²) in [6.07, 6.45) is 6.11. The molecule has 0 saturated heterocycles. The molecule has 0 fully saturated rings. The lowest BCUT2D eigenvalue weighted by Gasteiger charge is -2.06. The Morgan fingerprint density at radius 3 is 2.45 bits per heavy atom. The molecule has 66 valence electrons. The number of hydrogen-bond acceptors (Lipinski definition) is 1. The maximum absolute atomic E-state index is 4.21. The van der Waals surface area contributed by atoms with Crippen LogP contribution in [0.4, 0.5) is 0 Å². The lowest BCUT2D eigenvalue weighted by atomic mass is 10.0. The van der Waals surface area contributed by atoms with Gasteiger partial charge in [0.25, 0.3) is 0 Å². The summed E-state index contributed by atoms with van der Waals surface area (Å²) in [6.45, 7) is 6.61. The average Bonchev–Trinajstić information content (AvgIpc) is 1.87. The van der Waals surface area contributed by atoms with Gasteiger partial charge in [-0.2, -0.15) is 12.6 Å². The predicted molar refractivity (Wildman–Crippen MR) is 56.3 cm³/mol. The quantitative estimate of drug-likeness (QED) is 0.474. The van der Waals surface area contributed by atoms with Gasteiger partial charge in [0, 0.05) is 0 Å². The second-order valence-electron chi connectivity index (χ2n) is 3.48. The Kier molecular flexibility index (Phi) is 6.83. The standard InChI is InChI=1S/C10H20S/c1-9(2)5-4-6-10(3)7-8-11/h5,10-11H,4,6-8H2,1-3H3. The van der Waals surface area contributed by atoms with E-state index in [1.807, 2.05) is 0 Å². The van der Waals surface area contributed by atoms with Crippen LogP contribution in [0.2, 0.25) is 0 Å². The first-order chi connectivity index (χ1) is 5.16. The molecule has 0 spiro atoms. The Hall–Kier alpha value is 0.0900. The van der Waals surface area contributed by atoms with E-state index >= 15 is 0 Å². The molecule has 0 aromatic carbocycles. The summed E-state index contributed by atoms with van der Waals surface area (Å²) in [4.78, 5) is 0. The van der Waals surface area contributed by atoms with Crippen molar-refractivity contribution in [2.45, 2.75) is 40.0 Å². The van der Waals surface area contributed by atoms with Gasteiger partial charge in [0.1, 0.15) is 0 Å². The van der Waals surface area contributed by atoms with Crippen molar-refractivity contribution < 1.29 is 0 Å². The molecule has 0 radical (unpaired) electrons. The second-order valence-corrected chi connectivity index (χ2v) is 3.92. The van der Waals surface area contributed by atoms with E-state index in [1.54, 1.807) is 0 Å². The lowest BCUT2D eigenvalue weighted by molar-refractivity contribution is 0.526. The minimum Gasteiger partial charge on any atom is -0.179 e. The van der Waals surface area contributed by atoms with Gasteiger partial charge >= 0.3 is 0 Å². The Balaban J connectivity index is 3.31. The van der Waals surface area contributed by atoms with Gasteiger partial charge in [0.15, 0.2) is 0 Å². The molecule has 0 saturated carbocycles. The Labute approximate surface area is 76.5 Å². The molecule has 0 aliphatic rings. The number of hydrogen-bond donors (Lipinski definition) is 1. The van der Waals surface area contributed by atoms with E-state index < -0.39 is 0 Å². The highest BCUT2D eigenvalue weighted by Crippen LogP contribution is 2.11. The van der Waals surface area contributed by atoms with Crippen LogP contribution in [0.25, 0.3) is 0 Å². The Morgan fingerprint density at radius 2 is 2.00 bits per heavy atom. The zero-order chi connectivity index (χ0) is 8.69. The molecule has 0 bridgehead atoms. The van der Waals surface area contributed by atoms with Crippen molar-refractivity contribution in [3.63, 3.8) is 0 Å². The monoisotopic (exact) mass is 172 g/mol.